The normalized spacial score (nSPS) is 19.2. The number of likely N-dealkylation sites (tertiary alicyclic amines) is 1. The second kappa shape index (κ2) is 6.39. The van der Waals surface area contributed by atoms with E-state index in [9.17, 15) is 4.39 Å². The number of aryl methyl sites for hydroxylation is 2. The van der Waals surface area contributed by atoms with Crippen molar-refractivity contribution in [3.63, 3.8) is 0 Å². The minimum Gasteiger partial charge on any atom is -0.296 e. The van der Waals surface area contributed by atoms with Crippen molar-refractivity contribution in [3.05, 3.63) is 53.6 Å². The number of hydrogen-bond donors (Lipinski definition) is 0. The summed E-state index contributed by atoms with van der Waals surface area (Å²) in [7, 11) is 0. The largest absolute Gasteiger partial charge is 0.296 e. The molecule has 2 aromatic rings. The summed E-state index contributed by atoms with van der Waals surface area (Å²) in [5.74, 6) is -0.155. The average Bonchev–Trinajstić information content (AvgIpc) is 3.09. The van der Waals surface area contributed by atoms with Crippen molar-refractivity contribution < 1.29 is 4.39 Å². The van der Waals surface area contributed by atoms with Gasteiger partial charge in [0.2, 0.25) is 0 Å². The van der Waals surface area contributed by atoms with Crippen LogP contribution in [-0.2, 0) is 6.54 Å². The highest BCUT2D eigenvalue weighted by molar-refractivity contribution is 5.20. The van der Waals surface area contributed by atoms with Crippen molar-refractivity contribution in [2.45, 2.75) is 38.8 Å². The maximum absolute atomic E-state index is 13.0. The molecule has 1 fully saturated rings. The molecule has 1 aliphatic heterocycles. The fourth-order valence-corrected chi connectivity index (χ4v) is 3.18. The topological polar surface area (TPSA) is 21.1 Å². The Balaban J connectivity index is 1.55. The number of halogens is 1. The molecule has 1 saturated heterocycles. The Morgan fingerprint density at radius 3 is 2.76 bits per heavy atom. The zero-order valence-corrected chi connectivity index (χ0v) is 12.5. The predicted molar refractivity (Wildman–Crippen MR) is 81.5 cm³/mol. The van der Waals surface area contributed by atoms with Crippen LogP contribution in [0.1, 0.15) is 36.4 Å². The highest BCUT2D eigenvalue weighted by Gasteiger charge is 2.25. The lowest BCUT2D eigenvalue weighted by atomic mass is 10.0. The van der Waals surface area contributed by atoms with E-state index >= 15 is 0 Å². The first-order chi connectivity index (χ1) is 10.2. The molecule has 0 bridgehead atoms. The minimum absolute atomic E-state index is 0.155. The number of rotatable bonds is 5. The van der Waals surface area contributed by atoms with Gasteiger partial charge in [-0.2, -0.15) is 5.10 Å². The Morgan fingerprint density at radius 1 is 1.24 bits per heavy atom. The second-order valence-corrected chi connectivity index (χ2v) is 5.88. The summed E-state index contributed by atoms with van der Waals surface area (Å²) in [6.45, 7) is 5.23. The van der Waals surface area contributed by atoms with Crippen LogP contribution in [0.3, 0.4) is 0 Å². The van der Waals surface area contributed by atoms with E-state index in [0.717, 1.165) is 26.1 Å². The number of hydrogen-bond acceptors (Lipinski definition) is 2. The van der Waals surface area contributed by atoms with Crippen molar-refractivity contribution in [1.82, 2.24) is 14.7 Å². The van der Waals surface area contributed by atoms with Gasteiger partial charge in [0.05, 0.1) is 6.20 Å². The predicted octanol–water partition coefficient (Wildman–Crippen LogP) is 3.56. The van der Waals surface area contributed by atoms with E-state index in [4.69, 9.17) is 0 Å². The van der Waals surface area contributed by atoms with Crippen LogP contribution in [0.5, 0.6) is 0 Å². The van der Waals surface area contributed by atoms with Crippen molar-refractivity contribution in [3.8, 4) is 0 Å². The number of nitrogens with zero attached hydrogens (tertiary/aromatic N) is 3. The molecule has 2 heterocycles. The van der Waals surface area contributed by atoms with Crippen LogP contribution in [-0.4, -0.2) is 27.8 Å². The lowest BCUT2D eigenvalue weighted by Gasteiger charge is -2.24. The number of benzene rings is 1. The van der Waals surface area contributed by atoms with Gasteiger partial charge in [-0.25, -0.2) is 4.39 Å². The van der Waals surface area contributed by atoms with E-state index in [-0.39, 0.29) is 5.82 Å². The molecule has 21 heavy (non-hydrogen) atoms. The molecular weight excluding hydrogens is 265 g/mol. The Bertz CT molecular complexity index is 576. The van der Waals surface area contributed by atoms with Crippen LogP contribution in [0.15, 0.2) is 36.7 Å². The van der Waals surface area contributed by atoms with Gasteiger partial charge in [0.1, 0.15) is 5.82 Å². The summed E-state index contributed by atoms with van der Waals surface area (Å²) in [5, 5.41) is 4.32. The van der Waals surface area contributed by atoms with E-state index in [1.165, 1.54) is 24.0 Å². The molecule has 0 N–H and O–H groups in total. The third-order valence-corrected chi connectivity index (χ3v) is 4.21. The smallest absolute Gasteiger partial charge is 0.123 e. The molecule has 0 saturated carbocycles. The quantitative estimate of drug-likeness (QED) is 0.838. The third kappa shape index (κ3) is 3.50. The zero-order chi connectivity index (χ0) is 14.7. The first-order valence-corrected chi connectivity index (χ1v) is 7.71. The summed E-state index contributed by atoms with van der Waals surface area (Å²) in [5.41, 5.74) is 2.45. The number of aromatic nitrogens is 2. The van der Waals surface area contributed by atoms with Crippen molar-refractivity contribution in [1.29, 1.82) is 0 Å². The molecule has 0 radical (unpaired) electrons. The van der Waals surface area contributed by atoms with Crippen molar-refractivity contribution in [2.24, 2.45) is 0 Å². The fraction of sp³-hybridized carbons (Fsp3) is 0.471. The minimum atomic E-state index is -0.155. The Hall–Kier alpha value is -1.68. The van der Waals surface area contributed by atoms with E-state index in [1.54, 1.807) is 12.1 Å². The van der Waals surface area contributed by atoms with E-state index in [2.05, 4.69) is 23.1 Å². The summed E-state index contributed by atoms with van der Waals surface area (Å²) in [6.07, 6.45) is 7.48. The molecular formula is C17H22FN3. The Morgan fingerprint density at radius 2 is 2.05 bits per heavy atom. The SMILES string of the molecule is Cc1cnn(CCCN2CCC[C@H]2c2ccc(F)cc2)c1. The van der Waals surface area contributed by atoms with E-state index < -0.39 is 0 Å². The van der Waals surface area contributed by atoms with Gasteiger partial charge >= 0.3 is 0 Å². The Kier molecular flexibility index (Phi) is 4.34. The van der Waals surface area contributed by atoms with Gasteiger partial charge in [-0.05, 0) is 56.0 Å². The average molecular weight is 287 g/mol. The van der Waals surface area contributed by atoms with Crippen LogP contribution in [0.4, 0.5) is 4.39 Å². The fourth-order valence-electron chi connectivity index (χ4n) is 3.18. The summed E-state index contributed by atoms with van der Waals surface area (Å²) >= 11 is 0. The van der Waals surface area contributed by atoms with Gasteiger partial charge < -0.3 is 0 Å². The molecule has 4 heteroatoms. The molecule has 3 rings (SSSR count). The van der Waals surface area contributed by atoms with Gasteiger partial charge in [-0.3, -0.25) is 9.58 Å². The third-order valence-electron chi connectivity index (χ3n) is 4.21. The van der Waals surface area contributed by atoms with Crippen LogP contribution < -0.4 is 0 Å². The molecule has 1 aliphatic rings. The molecule has 0 aliphatic carbocycles. The van der Waals surface area contributed by atoms with Crippen molar-refractivity contribution >= 4 is 0 Å². The molecule has 1 aromatic heterocycles. The lowest BCUT2D eigenvalue weighted by Crippen LogP contribution is -2.25. The Labute approximate surface area is 125 Å². The van der Waals surface area contributed by atoms with Crippen LogP contribution >= 0.6 is 0 Å². The monoisotopic (exact) mass is 287 g/mol. The first kappa shape index (κ1) is 14.3. The van der Waals surface area contributed by atoms with Gasteiger partial charge in [0, 0.05) is 25.3 Å². The molecule has 3 nitrogen and oxygen atoms in total. The molecule has 0 amide bonds. The first-order valence-electron chi connectivity index (χ1n) is 7.71. The summed E-state index contributed by atoms with van der Waals surface area (Å²) in [4.78, 5) is 2.52. The van der Waals surface area contributed by atoms with Crippen LogP contribution in [0.2, 0.25) is 0 Å². The van der Waals surface area contributed by atoms with Crippen LogP contribution in [0, 0.1) is 12.7 Å². The molecule has 1 atom stereocenters. The lowest BCUT2D eigenvalue weighted by molar-refractivity contribution is 0.247. The highest BCUT2D eigenvalue weighted by atomic mass is 19.1. The maximum atomic E-state index is 13.0. The summed E-state index contributed by atoms with van der Waals surface area (Å²) < 4.78 is 15.1. The van der Waals surface area contributed by atoms with Gasteiger partial charge in [0.25, 0.3) is 0 Å². The van der Waals surface area contributed by atoms with E-state index in [1.807, 2.05) is 23.0 Å². The molecule has 0 spiro atoms. The second-order valence-electron chi connectivity index (χ2n) is 5.88. The highest BCUT2D eigenvalue weighted by Crippen LogP contribution is 2.31. The maximum Gasteiger partial charge on any atom is 0.123 e. The molecule has 112 valence electrons. The van der Waals surface area contributed by atoms with Gasteiger partial charge in [0.15, 0.2) is 0 Å². The van der Waals surface area contributed by atoms with Gasteiger partial charge in [-0.15, -0.1) is 0 Å². The van der Waals surface area contributed by atoms with E-state index in [0.29, 0.717) is 6.04 Å². The standard InChI is InChI=1S/C17H22FN3/c1-14-12-19-21(13-14)11-3-10-20-9-2-4-17(20)15-5-7-16(18)8-6-15/h5-8,12-13,17H,2-4,9-11H2,1H3/t17-/m0/s1. The van der Waals surface area contributed by atoms with Crippen LogP contribution in [0.25, 0.3) is 0 Å². The summed E-state index contributed by atoms with van der Waals surface area (Å²) in [6, 6.07) is 7.44. The zero-order valence-electron chi connectivity index (χ0n) is 12.5. The van der Waals surface area contributed by atoms with Crippen molar-refractivity contribution in [2.75, 3.05) is 13.1 Å². The van der Waals surface area contributed by atoms with Gasteiger partial charge in [-0.1, -0.05) is 12.1 Å². The molecule has 0 unspecified atom stereocenters. The molecule has 1 aromatic carbocycles.